The van der Waals surface area contributed by atoms with Crippen molar-refractivity contribution in [2.75, 3.05) is 0 Å². The van der Waals surface area contributed by atoms with Gasteiger partial charge in [0, 0.05) is 26.6 Å². The van der Waals surface area contributed by atoms with Crippen LogP contribution in [0.5, 0.6) is 0 Å². The number of unbranched alkanes of at least 4 members (excludes halogenated alkanes) is 5. The Balaban J connectivity index is 0.00000684. The molecule has 0 aromatic heterocycles. The summed E-state index contributed by atoms with van der Waals surface area (Å²) in [5.74, 6) is 0. The van der Waals surface area contributed by atoms with Crippen LogP contribution in [0.1, 0.15) is 128 Å². The standard InChI is InChI=1S/C34H52N2.Pd/c1-6-11-16-28-21-29(17-12-7-2)24-33(23-28)35-27-32(20-15-10-5)36-34-25-30(18-13-8-3)22-31(26-34)19-14-9-4;/h21-27H,6-20H2,1-5H3;. The fraction of sp³-hybridized carbons (Fsp3) is 0.588. The molecule has 0 radical (unpaired) electrons. The zero-order chi connectivity index (χ0) is 26.0. The molecule has 0 aliphatic rings. The Hall–Kier alpha value is -1.56. The smallest absolute Gasteiger partial charge is 0.0639 e. The molecule has 2 aromatic rings. The fourth-order valence-electron chi connectivity index (χ4n) is 4.55. The molecule has 0 aliphatic carbocycles. The summed E-state index contributed by atoms with van der Waals surface area (Å²) < 4.78 is 0. The fourth-order valence-corrected chi connectivity index (χ4v) is 4.55. The van der Waals surface area contributed by atoms with Crippen molar-refractivity contribution in [1.29, 1.82) is 0 Å². The number of hydrogen-bond acceptors (Lipinski definition) is 2. The van der Waals surface area contributed by atoms with Crippen molar-refractivity contribution in [3.05, 3.63) is 58.7 Å². The summed E-state index contributed by atoms with van der Waals surface area (Å²) in [6.07, 6.45) is 19.7. The second-order valence-electron chi connectivity index (χ2n) is 10.4. The third-order valence-corrected chi connectivity index (χ3v) is 6.77. The van der Waals surface area contributed by atoms with Crippen molar-refractivity contribution in [2.24, 2.45) is 9.98 Å². The molecule has 2 aromatic carbocycles. The molecular formula is C34H52N2Pd. The van der Waals surface area contributed by atoms with E-state index in [-0.39, 0.29) is 20.4 Å². The van der Waals surface area contributed by atoms with E-state index >= 15 is 0 Å². The van der Waals surface area contributed by atoms with Gasteiger partial charge in [0.1, 0.15) is 0 Å². The van der Waals surface area contributed by atoms with Gasteiger partial charge in [-0.3, -0.25) is 9.98 Å². The molecule has 0 aliphatic heterocycles. The van der Waals surface area contributed by atoms with E-state index in [1.165, 1.54) is 80.0 Å². The SMILES string of the molecule is CCCCC(C=Nc1cc(CCCC)cc(CCCC)c1)=Nc1cc(CCCC)cc(CCCC)c1.[Pd]. The van der Waals surface area contributed by atoms with Crippen LogP contribution in [0.15, 0.2) is 46.4 Å². The summed E-state index contributed by atoms with van der Waals surface area (Å²) in [5.41, 5.74) is 9.00. The quantitative estimate of drug-likeness (QED) is 0.121. The van der Waals surface area contributed by atoms with E-state index in [4.69, 9.17) is 9.98 Å². The monoisotopic (exact) mass is 594 g/mol. The van der Waals surface area contributed by atoms with Gasteiger partial charge in [-0.1, -0.05) is 78.9 Å². The average Bonchev–Trinajstić information content (AvgIpc) is 2.89. The third kappa shape index (κ3) is 13.7. The number of hydrogen-bond donors (Lipinski definition) is 0. The Morgan fingerprint density at radius 2 is 0.919 bits per heavy atom. The van der Waals surface area contributed by atoms with Crippen molar-refractivity contribution in [3.8, 4) is 0 Å². The topological polar surface area (TPSA) is 24.7 Å². The van der Waals surface area contributed by atoms with Crippen molar-refractivity contribution in [2.45, 2.75) is 131 Å². The van der Waals surface area contributed by atoms with Gasteiger partial charge in [-0.2, -0.15) is 0 Å². The number of aliphatic imine (C=N–C) groups is 2. The van der Waals surface area contributed by atoms with Crippen LogP contribution in [0.25, 0.3) is 0 Å². The van der Waals surface area contributed by atoms with Crippen LogP contribution in [0.4, 0.5) is 11.4 Å². The van der Waals surface area contributed by atoms with Gasteiger partial charge in [0.05, 0.1) is 17.1 Å². The minimum Gasteiger partial charge on any atom is -0.255 e. The summed E-state index contributed by atoms with van der Waals surface area (Å²) in [6.45, 7) is 11.3. The molecule has 0 saturated heterocycles. The summed E-state index contributed by atoms with van der Waals surface area (Å²) in [5, 5.41) is 0. The second-order valence-corrected chi connectivity index (χ2v) is 10.4. The Labute approximate surface area is 242 Å². The van der Waals surface area contributed by atoms with Crippen molar-refractivity contribution in [1.82, 2.24) is 0 Å². The van der Waals surface area contributed by atoms with Gasteiger partial charge in [-0.15, -0.1) is 0 Å². The maximum Gasteiger partial charge on any atom is 0.0639 e. The predicted molar refractivity (Wildman–Crippen MR) is 162 cm³/mol. The minimum atomic E-state index is 0. The molecule has 0 amide bonds. The third-order valence-electron chi connectivity index (χ3n) is 6.77. The van der Waals surface area contributed by atoms with E-state index < -0.39 is 0 Å². The predicted octanol–water partition coefficient (Wildman–Crippen LogP) is 10.7. The van der Waals surface area contributed by atoms with Crippen molar-refractivity contribution >= 4 is 23.3 Å². The molecule has 0 N–H and O–H groups in total. The van der Waals surface area contributed by atoms with E-state index in [1.54, 1.807) is 0 Å². The van der Waals surface area contributed by atoms with Gasteiger partial charge in [0.25, 0.3) is 0 Å². The van der Waals surface area contributed by atoms with Crippen molar-refractivity contribution < 1.29 is 20.4 Å². The first-order valence-corrected chi connectivity index (χ1v) is 15.0. The van der Waals surface area contributed by atoms with Crippen molar-refractivity contribution in [3.63, 3.8) is 0 Å². The molecule has 0 unspecified atom stereocenters. The zero-order valence-corrected chi connectivity index (χ0v) is 25.9. The van der Waals surface area contributed by atoms with E-state index in [1.807, 2.05) is 6.21 Å². The average molecular weight is 595 g/mol. The van der Waals surface area contributed by atoms with Crippen LogP contribution >= 0.6 is 0 Å². The molecule has 208 valence electrons. The maximum absolute atomic E-state index is 5.16. The Kier molecular flexibility index (Phi) is 18.5. The van der Waals surface area contributed by atoms with E-state index in [0.717, 1.165) is 55.6 Å². The van der Waals surface area contributed by atoms with Crippen LogP contribution in [0.3, 0.4) is 0 Å². The van der Waals surface area contributed by atoms with Gasteiger partial charge < -0.3 is 0 Å². The van der Waals surface area contributed by atoms with Gasteiger partial charge in [0.2, 0.25) is 0 Å². The van der Waals surface area contributed by atoms with Gasteiger partial charge in [-0.05, 0) is 111 Å². The largest absolute Gasteiger partial charge is 0.255 e. The van der Waals surface area contributed by atoms with E-state index in [2.05, 4.69) is 71.0 Å². The molecule has 0 spiro atoms. The number of rotatable bonds is 18. The molecule has 0 atom stereocenters. The maximum atomic E-state index is 5.16. The molecule has 37 heavy (non-hydrogen) atoms. The molecule has 3 heteroatoms. The molecule has 0 heterocycles. The van der Waals surface area contributed by atoms with Crippen LogP contribution < -0.4 is 0 Å². The van der Waals surface area contributed by atoms with E-state index in [0.29, 0.717) is 0 Å². The Bertz CT molecular complexity index is 892. The first-order chi connectivity index (χ1) is 17.6. The molecule has 2 rings (SSSR count). The van der Waals surface area contributed by atoms with Crippen LogP contribution in [-0.2, 0) is 46.1 Å². The normalized spacial score (nSPS) is 11.8. The summed E-state index contributed by atoms with van der Waals surface area (Å²) >= 11 is 0. The van der Waals surface area contributed by atoms with Gasteiger partial charge in [-0.25, -0.2) is 0 Å². The Morgan fingerprint density at radius 3 is 1.30 bits per heavy atom. The number of benzene rings is 2. The summed E-state index contributed by atoms with van der Waals surface area (Å²) in [6, 6.07) is 14.0. The van der Waals surface area contributed by atoms with Gasteiger partial charge in [0.15, 0.2) is 0 Å². The molecule has 0 saturated carbocycles. The van der Waals surface area contributed by atoms with Crippen LogP contribution in [0, 0.1) is 0 Å². The molecule has 2 nitrogen and oxygen atoms in total. The molecule has 0 fully saturated rings. The zero-order valence-electron chi connectivity index (χ0n) is 24.4. The Morgan fingerprint density at radius 1 is 0.541 bits per heavy atom. The number of nitrogens with zero attached hydrogens (tertiary/aromatic N) is 2. The number of aryl methyl sites for hydroxylation is 4. The molecular weight excluding hydrogens is 543 g/mol. The summed E-state index contributed by atoms with van der Waals surface area (Å²) in [7, 11) is 0. The van der Waals surface area contributed by atoms with E-state index in [9.17, 15) is 0 Å². The molecule has 0 bridgehead atoms. The first kappa shape index (κ1) is 33.5. The first-order valence-electron chi connectivity index (χ1n) is 15.0. The van der Waals surface area contributed by atoms with Crippen LogP contribution in [0.2, 0.25) is 0 Å². The summed E-state index contributed by atoms with van der Waals surface area (Å²) in [4.78, 5) is 10.1. The van der Waals surface area contributed by atoms with Crippen LogP contribution in [-0.4, -0.2) is 11.9 Å². The minimum absolute atomic E-state index is 0. The second kappa shape index (κ2) is 20.4. The van der Waals surface area contributed by atoms with Gasteiger partial charge >= 0.3 is 0 Å².